The number of ketones is 1. The minimum Gasteiger partial charge on any atom is -0.393 e. The number of H-pyrrole nitrogens is 2. The number of rotatable bonds is 2. The molecular formula is C10H10N4O4. The molecule has 8 heteroatoms. The highest BCUT2D eigenvalue weighted by Crippen LogP contribution is 2.31. The second kappa shape index (κ2) is 4.00. The van der Waals surface area contributed by atoms with E-state index in [9.17, 15) is 9.59 Å². The van der Waals surface area contributed by atoms with Crippen molar-refractivity contribution in [2.24, 2.45) is 0 Å². The molecule has 0 aromatic carbocycles. The van der Waals surface area contributed by atoms with E-state index in [-0.39, 0.29) is 16.7 Å². The van der Waals surface area contributed by atoms with Gasteiger partial charge in [-0.15, -0.1) is 0 Å². The Labute approximate surface area is 103 Å². The van der Waals surface area contributed by atoms with Gasteiger partial charge in [0, 0.05) is 9.11 Å². The first-order valence-corrected chi connectivity index (χ1v) is 5.19. The monoisotopic (exact) mass is 252 g/mol. The maximum absolute atomic E-state index is 11.8. The third-order valence-electron chi connectivity index (χ3n) is 2.67. The number of aromatic amines is 2. The number of aromatic nitrogens is 4. The van der Waals surface area contributed by atoms with Gasteiger partial charge in [-0.2, -0.15) is 5.10 Å². The van der Waals surface area contributed by atoms with Gasteiger partial charge in [0.05, 0.1) is 18.6 Å². The largest absolute Gasteiger partial charge is 0.393 e. The lowest BCUT2D eigenvalue weighted by Gasteiger charge is -2.08. The van der Waals surface area contributed by atoms with Crippen LogP contribution in [0.4, 0.5) is 0 Å². The van der Waals surface area contributed by atoms with Gasteiger partial charge in [-0.05, 0) is 0 Å². The van der Waals surface area contributed by atoms with E-state index in [4.69, 9.17) is 12.6 Å². The maximum Gasteiger partial charge on any atom is 0.279 e. The number of hydrogen-bond acceptors (Lipinski definition) is 6. The minimum absolute atomic E-state index is 0.00166. The van der Waals surface area contributed by atoms with Gasteiger partial charge in [0.15, 0.2) is 11.3 Å². The number of Topliss-reactive ketones (excluding diaryl/α,β-unsaturated/α-hetero) is 1. The number of aliphatic hydroxyl groups excluding tert-OH is 1. The van der Waals surface area contributed by atoms with Crippen molar-refractivity contribution in [3.8, 4) is 0 Å². The van der Waals surface area contributed by atoms with Crippen LogP contribution in [0.2, 0.25) is 0 Å². The van der Waals surface area contributed by atoms with E-state index < -0.39 is 36.5 Å². The van der Waals surface area contributed by atoms with E-state index in [1.807, 2.05) is 0 Å². The highest BCUT2D eigenvalue weighted by molar-refractivity contribution is 5.86. The molecule has 1 aliphatic rings. The van der Waals surface area contributed by atoms with Crippen LogP contribution in [0, 0.1) is 0 Å². The summed E-state index contributed by atoms with van der Waals surface area (Å²) in [4.78, 5) is 29.6. The Kier molecular flexibility index (Phi) is 1.99. The van der Waals surface area contributed by atoms with Gasteiger partial charge in [0.2, 0.25) is 0 Å². The third kappa shape index (κ3) is 1.54. The SMILES string of the molecule is [2H]C1([2H])C(=O)[C@@H](CO)O[C@H]1c1[nH]nc2c(=O)[nH]cnc12. The molecule has 1 fully saturated rings. The zero-order valence-corrected chi connectivity index (χ0v) is 9.01. The predicted molar refractivity (Wildman–Crippen MR) is 58.8 cm³/mol. The van der Waals surface area contributed by atoms with E-state index in [2.05, 4.69) is 20.2 Å². The molecule has 1 aliphatic heterocycles. The molecule has 1 saturated heterocycles. The first kappa shape index (κ1) is 8.95. The molecule has 3 N–H and O–H groups in total. The highest BCUT2D eigenvalue weighted by atomic mass is 16.5. The minimum atomic E-state index is -2.34. The van der Waals surface area contributed by atoms with Crippen molar-refractivity contribution in [3.05, 3.63) is 22.4 Å². The second-order valence-electron chi connectivity index (χ2n) is 3.76. The number of nitrogens with zero attached hydrogens (tertiary/aromatic N) is 2. The molecule has 2 atom stereocenters. The molecule has 0 amide bonds. The van der Waals surface area contributed by atoms with Gasteiger partial charge in [-0.3, -0.25) is 14.7 Å². The number of ether oxygens (including phenoxy) is 1. The predicted octanol–water partition coefficient (Wildman–Crippen LogP) is -0.962. The molecule has 94 valence electrons. The Balaban J connectivity index is 2.14. The summed E-state index contributed by atoms with van der Waals surface area (Å²) in [7, 11) is 0. The number of carbonyl (C=O) groups is 1. The number of hydrogen-bond donors (Lipinski definition) is 3. The zero-order valence-electron chi connectivity index (χ0n) is 11.0. The van der Waals surface area contributed by atoms with Crippen molar-refractivity contribution >= 4 is 16.8 Å². The lowest BCUT2D eigenvalue weighted by Crippen LogP contribution is -2.19. The fourth-order valence-corrected chi connectivity index (χ4v) is 1.79. The third-order valence-corrected chi connectivity index (χ3v) is 2.67. The number of carbonyl (C=O) groups excluding carboxylic acids is 1. The molecule has 8 nitrogen and oxygen atoms in total. The quantitative estimate of drug-likeness (QED) is 0.632. The van der Waals surface area contributed by atoms with Crippen LogP contribution >= 0.6 is 0 Å². The van der Waals surface area contributed by atoms with Crippen molar-refractivity contribution in [2.45, 2.75) is 18.6 Å². The molecule has 2 aromatic heterocycles. The van der Waals surface area contributed by atoms with Crippen molar-refractivity contribution in [1.82, 2.24) is 20.2 Å². The van der Waals surface area contributed by atoms with Gasteiger partial charge in [-0.25, -0.2) is 4.98 Å². The van der Waals surface area contributed by atoms with Crippen molar-refractivity contribution in [3.63, 3.8) is 0 Å². The molecule has 18 heavy (non-hydrogen) atoms. The zero-order chi connectivity index (χ0) is 14.5. The van der Waals surface area contributed by atoms with Gasteiger partial charge >= 0.3 is 0 Å². The molecule has 2 aromatic rings. The van der Waals surface area contributed by atoms with Crippen LogP contribution in [0.15, 0.2) is 11.1 Å². The normalized spacial score (nSPS) is 28.4. The highest BCUT2D eigenvalue weighted by Gasteiger charge is 2.36. The Morgan fingerprint density at radius 3 is 3.11 bits per heavy atom. The van der Waals surface area contributed by atoms with E-state index in [0.29, 0.717) is 0 Å². The maximum atomic E-state index is 11.8. The molecule has 0 unspecified atom stereocenters. The molecule has 0 bridgehead atoms. The molecule has 0 radical (unpaired) electrons. The summed E-state index contributed by atoms with van der Waals surface area (Å²) in [6.07, 6.45) is -3.72. The van der Waals surface area contributed by atoms with Crippen molar-refractivity contribution < 1.29 is 17.4 Å². The van der Waals surface area contributed by atoms with Gasteiger partial charge in [0.25, 0.3) is 5.56 Å². The number of aliphatic hydroxyl groups is 1. The molecule has 0 aliphatic carbocycles. The van der Waals surface area contributed by atoms with Gasteiger partial charge < -0.3 is 14.8 Å². The summed E-state index contributed by atoms with van der Waals surface area (Å²) in [5.74, 6) is -0.849. The second-order valence-corrected chi connectivity index (χ2v) is 3.76. The summed E-state index contributed by atoms with van der Waals surface area (Å²) in [6.45, 7) is -0.616. The van der Waals surface area contributed by atoms with Crippen LogP contribution in [-0.2, 0) is 9.53 Å². The average Bonchev–Trinajstić information content (AvgIpc) is 2.92. The smallest absolute Gasteiger partial charge is 0.279 e. The average molecular weight is 252 g/mol. The lowest BCUT2D eigenvalue weighted by atomic mass is 10.1. The van der Waals surface area contributed by atoms with Crippen molar-refractivity contribution in [2.75, 3.05) is 6.61 Å². The number of fused-ring (bicyclic) bond motifs is 1. The summed E-state index contributed by atoms with van der Waals surface area (Å²) in [6, 6.07) is 0. The van der Waals surface area contributed by atoms with Crippen LogP contribution in [0.1, 0.15) is 20.9 Å². The molecule has 3 rings (SSSR count). The molecule has 0 saturated carbocycles. The van der Waals surface area contributed by atoms with Gasteiger partial charge in [0.1, 0.15) is 17.7 Å². The Morgan fingerprint density at radius 2 is 2.39 bits per heavy atom. The molecule has 3 heterocycles. The Morgan fingerprint density at radius 1 is 1.56 bits per heavy atom. The Bertz CT molecular complexity index is 740. The topological polar surface area (TPSA) is 121 Å². The van der Waals surface area contributed by atoms with Crippen LogP contribution in [0.25, 0.3) is 11.0 Å². The van der Waals surface area contributed by atoms with E-state index in [1.165, 1.54) is 0 Å². The molecule has 0 spiro atoms. The van der Waals surface area contributed by atoms with E-state index >= 15 is 0 Å². The summed E-state index contributed by atoms with van der Waals surface area (Å²) < 4.78 is 20.8. The summed E-state index contributed by atoms with van der Waals surface area (Å²) in [5, 5.41) is 15.3. The van der Waals surface area contributed by atoms with E-state index in [0.717, 1.165) is 6.33 Å². The van der Waals surface area contributed by atoms with Crippen LogP contribution in [0.5, 0.6) is 0 Å². The van der Waals surface area contributed by atoms with E-state index in [1.54, 1.807) is 0 Å². The first-order chi connectivity index (χ1) is 9.46. The summed E-state index contributed by atoms with van der Waals surface area (Å²) in [5.41, 5.74) is -0.252. The standard InChI is InChI=1S/C10H10N4O4/c15-2-6-4(16)1-5(18-6)7-8-9(14-13-7)10(17)12-3-11-8/h3,5-6,15H,1-2H2,(H,13,14)(H,11,12,17)/t5-,6-/m1/s1/i1D2. The Hall–Kier alpha value is -2.06. The van der Waals surface area contributed by atoms with Crippen molar-refractivity contribution in [1.29, 1.82) is 0 Å². The van der Waals surface area contributed by atoms with Crippen LogP contribution in [0.3, 0.4) is 0 Å². The fourth-order valence-electron chi connectivity index (χ4n) is 1.79. The fraction of sp³-hybridized carbons (Fsp3) is 0.400. The van der Waals surface area contributed by atoms with Crippen LogP contribution < -0.4 is 5.56 Å². The first-order valence-electron chi connectivity index (χ1n) is 6.19. The van der Waals surface area contributed by atoms with Gasteiger partial charge in [-0.1, -0.05) is 0 Å². The summed E-state index contributed by atoms with van der Waals surface area (Å²) >= 11 is 0. The van der Waals surface area contributed by atoms with Crippen LogP contribution in [-0.4, -0.2) is 43.8 Å². The number of nitrogens with one attached hydrogen (secondary N) is 2. The molecular weight excluding hydrogens is 240 g/mol. The lowest BCUT2D eigenvalue weighted by molar-refractivity contribution is -0.124.